The van der Waals surface area contributed by atoms with Crippen LogP contribution in [0.2, 0.25) is 0 Å². The molecule has 0 saturated carbocycles. The van der Waals surface area contributed by atoms with Crippen LogP contribution in [0.5, 0.6) is 0 Å². The standard InChI is InChI=1S/C7H5FN2O2/c8-5-1-3-6(4-2-5)9-10-7(11)12/h1-4H,(H,11,12). The zero-order valence-electron chi connectivity index (χ0n) is 5.94. The third-order valence-corrected chi connectivity index (χ3v) is 1.08. The first kappa shape index (κ1) is 8.32. The van der Waals surface area contributed by atoms with Crippen molar-refractivity contribution in [3.63, 3.8) is 0 Å². The zero-order valence-corrected chi connectivity index (χ0v) is 5.94. The lowest BCUT2D eigenvalue weighted by molar-refractivity contribution is 0.204. The summed E-state index contributed by atoms with van der Waals surface area (Å²) in [5, 5.41) is 14.2. The quantitative estimate of drug-likeness (QED) is 0.655. The van der Waals surface area contributed by atoms with Crippen molar-refractivity contribution in [3.8, 4) is 0 Å². The van der Waals surface area contributed by atoms with Crippen LogP contribution < -0.4 is 0 Å². The second-order valence-electron chi connectivity index (χ2n) is 1.96. The molecule has 1 amide bonds. The van der Waals surface area contributed by atoms with E-state index in [2.05, 4.69) is 10.2 Å². The Bertz CT molecular complexity index is 308. The fraction of sp³-hybridized carbons (Fsp3) is 0. The number of hydrogen-bond acceptors (Lipinski definition) is 2. The molecule has 4 nitrogen and oxygen atoms in total. The molecule has 0 saturated heterocycles. The van der Waals surface area contributed by atoms with Crippen molar-refractivity contribution in [3.05, 3.63) is 30.1 Å². The highest BCUT2D eigenvalue weighted by atomic mass is 19.1. The Morgan fingerprint density at radius 2 is 1.92 bits per heavy atom. The third-order valence-electron chi connectivity index (χ3n) is 1.08. The Balaban J connectivity index is 2.77. The Morgan fingerprint density at radius 1 is 1.33 bits per heavy atom. The first-order chi connectivity index (χ1) is 5.68. The maximum Gasteiger partial charge on any atom is 0.449 e. The van der Waals surface area contributed by atoms with Crippen LogP contribution in [0.25, 0.3) is 0 Å². The molecule has 0 bridgehead atoms. The van der Waals surface area contributed by atoms with Gasteiger partial charge in [0, 0.05) is 0 Å². The minimum atomic E-state index is -1.38. The summed E-state index contributed by atoms with van der Waals surface area (Å²) >= 11 is 0. The van der Waals surface area contributed by atoms with Gasteiger partial charge < -0.3 is 5.11 Å². The van der Waals surface area contributed by atoms with E-state index in [1.807, 2.05) is 0 Å². The number of carbonyl (C=O) groups is 1. The zero-order chi connectivity index (χ0) is 8.97. The fourth-order valence-electron chi connectivity index (χ4n) is 0.608. The lowest BCUT2D eigenvalue weighted by Gasteiger charge is -1.88. The van der Waals surface area contributed by atoms with Gasteiger partial charge in [0.15, 0.2) is 0 Å². The van der Waals surface area contributed by atoms with Crippen LogP contribution >= 0.6 is 0 Å². The van der Waals surface area contributed by atoms with Gasteiger partial charge in [0.25, 0.3) is 0 Å². The van der Waals surface area contributed by atoms with Gasteiger partial charge in [-0.1, -0.05) is 5.11 Å². The maximum absolute atomic E-state index is 12.3. The molecule has 0 aliphatic rings. The SMILES string of the molecule is O=C(O)N=Nc1ccc(F)cc1. The highest BCUT2D eigenvalue weighted by Gasteiger charge is 1.92. The Labute approximate surface area is 67.4 Å². The molecule has 0 heterocycles. The predicted octanol–water partition coefficient (Wildman–Crippen LogP) is 2.59. The van der Waals surface area contributed by atoms with Gasteiger partial charge in [-0.3, -0.25) is 0 Å². The van der Waals surface area contributed by atoms with E-state index in [0.29, 0.717) is 5.69 Å². The van der Waals surface area contributed by atoms with Crippen molar-refractivity contribution >= 4 is 11.8 Å². The van der Waals surface area contributed by atoms with E-state index in [9.17, 15) is 9.18 Å². The summed E-state index contributed by atoms with van der Waals surface area (Å²) in [6, 6.07) is 5.02. The smallest absolute Gasteiger partial charge is 0.449 e. The molecule has 62 valence electrons. The lowest BCUT2D eigenvalue weighted by atomic mass is 10.3. The van der Waals surface area contributed by atoms with Crippen molar-refractivity contribution in [2.45, 2.75) is 0 Å². The first-order valence-electron chi connectivity index (χ1n) is 3.09. The molecule has 0 spiro atoms. The number of azo groups is 1. The Kier molecular flexibility index (Phi) is 2.47. The second-order valence-corrected chi connectivity index (χ2v) is 1.96. The highest BCUT2D eigenvalue weighted by molar-refractivity contribution is 5.65. The van der Waals surface area contributed by atoms with Gasteiger partial charge in [0.2, 0.25) is 0 Å². The normalized spacial score (nSPS) is 10.4. The number of benzene rings is 1. The number of nitrogens with zero attached hydrogens (tertiary/aromatic N) is 2. The van der Waals surface area contributed by atoms with Crippen molar-refractivity contribution in [1.29, 1.82) is 0 Å². The van der Waals surface area contributed by atoms with E-state index < -0.39 is 11.9 Å². The van der Waals surface area contributed by atoms with E-state index in [4.69, 9.17) is 5.11 Å². The molecule has 0 aromatic heterocycles. The summed E-state index contributed by atoms with van der Waals surface area (Å²) < 4.78 is 12.3. The van der Waals surface area contributed by atoms with Crippen LogP contribution in [0.4, 0.5) is 14.9 Å². The number of carboxylic acid groups (broad SMARTS) is 1. The van der Waals surface area contributed by atoms with Crippen LogP contribution in [0.3, 0.4) is 0 Å². The van der Waals surface area contributed by atoms with Gasteiger partial charge in [-0.05, 0) is 24.3 Å². The number of hydrogen-bond donors (Lipinski definition) is 1. The summed E-state index contributed by atoms with van der Waals surface area (Å²) in [6.45, 7) is 0. The highest BCUT2D eigenvalue weighted by Crippen LogP contribution is 2.12. The molecule has 12 heavy (non-hydrogen) atoms. The molecule has 1 N–H and O–H groups in total. The van der Waals surface area contributed by atoms with E-state index >= 15 is 0 Å². The fourth-order valence-corrected chi connectivity index (χ4v) is 0.608. The van der Waals surface area contributed by atoms with Crippen molar-refractivity contribution < 1.29 is 14.3 Å². The van der Waals surface area contributed by atoms with Gasteiger partial charge >= 0.3 is 6.09 Å². The number of halogens is 1. The van der Waals surface area contributed by atoms with Crippen LogP contribution in [-0.2, 0) is 0 Å². The Hall–Kier alpha value is -1.78. The molecule has 1 aromatic rings. The van der Waals surface area contributed by atoms with Crippen LogP contribution in [-0.4, -0.2) is 11.2 Å². The molecule has 0 atom stereocenters. The largest absolute Gasteiger partial charge is 0.462 e. The maximum atomic E-state index is 12.3. The van der Waals surface area contributed by atoms with E-state index in [-0.39, 0.29) is 0 Å². The van der Waals surface area contributed by atoms with Gasteiger partial charge in [0.1, 0.15) is 5.82 Å². The minimum Gasteiger partial charge on any atom is -0.462 e. The van der Waals surface area contributed by atoms with Crippen LogP contribution in [0, 0.1) is 5.82 Å². The van der Waals surface area contributed by atoms with Crippen molar-refractivity contribution in [2.24, 2.45) is 10.2 Å². The van der Waals surface area contributed by atoms with Crippen molar-refractivity contribution in [2.75, 3.05) is 0 Å². The van der Waals surface area contributed by atoms with Crippen LogP contribution in [0.15, 0.2) is 34.5 Å². The minimum absolute atomic E-state index is 0.304. The van der Waals surface area contributed by atoms with Gasteiger partial charge in [-0.25, -0.2) is 9.18 Å². The summed E-state index contributed by atoms with van der Waals surface area (Å²) in [7, 11) is 0. The average molecular weight is 168 g/mol. The Morgan fingerprint density at radius 3 is 2.42 bits per heavy atom. The molecular formula is C7H5FN2O2. The molecule has 1 aromatic carbocycles. The van der Waals surface area contributed by atoms with Crippen LogP contribution in [0.1, 0.15) is 0 Å². The number of rotatable bonds is 1. The molecule has 0 aliphatic heterocycles. The monoisotopic (exact) mass is 168 g/mol. The molecule has 0 aliphatic carbocycles. The van der Waals surface area contributed by atoms with E-state index in [0.717, 1.165) is 0 Å². The summed E-state index contributed by atoms with van der Waals surface area (Å²) in [5.74, 6) is -0.399. The molecular weight excluding hydrogens is 163 g/mol. The van der Waals surface area contributed by atoms with Gasteiger partial charge in [-0.15, -0.1) is 5.11 Å². The first-order valence-corrected chi connectivity index (χ1v) is 3.09. The average Bonchev–Trinajstić information content (AvgIpc) is 2.03. The second kappa shape index (κ2) is 3.56. The summed E-state index contributed by atoms with van der Waals surface area (Å²) in [5.41, 5.74) is 0.304. The molecule has 0 fully saturated rings. The van der Waals surface area contributed by atoms with Crippen molar-refractivity contribution in [1.82, 2.24) is 0 Å². The lowest BCUT2D eigenvalue weighted by Crippen LogP contribution is -1.80. The summed E-state index contributed by atoms with van der Waals surface area (Å²) in [4.78, 5) is 9.91. The third kappa shape index (κ3) is 2.45. The predicted molar refractivity (Wildman–Crippen MR) is 38.9 cm³/mol. The number of amides is 1. The molecule has 0 radical (unpaired) electrons. The van der Waals surface area contributed by atoms with Gasteiger partial charge in [-0.2, -0.15) is 0 Å². The van der Waals surface area contributed by atoms with E-state index in [1.165, 1.54) is 24.3 Å². The molecule has 0 unspecified atom stereocenters. The molecule has 5 heteroatoms. The topological polar surface area (TPSA) is 62.0 Å². The molecule has 1 rings (SSSR count). The van der Waals surface area contributed by atoms with E-state index in [1.54, 1.807) is 0 Å². The summed E-state index contributed by atoms with van der Waals surface area (Å²) in [6.07, 6.45) is -1.38. The van der Waals surface area contributed by atoms with Gasteiger partial charge in [0.05, 0.1) is 5.69 Å².